The number of thiazole rings is 1. The standard InChI is InChI=1S/C10H16N4O2S3/c1-7(6-17-3)13-19(15,16)9-8(11-2)12-10-14(9)4-5-18-10/h4-5,7,11,13H,6H2,1-3H3. The van der Waals surface area contributed by atoms with Crippen molar-refractivity contribution in [1.29, 1.82) is 0 Å². The molecule has 1 unspecified atom stereocenters. The summed E-state index contributed by atoms with van der Waals surface area (Å²) in [4.78, 5) is 4.91. The molecule has 0 aromatic carbocycles. The van der Waals surface area contributed by atoms with Crippen LogP contribution >= 0.6 is 23.1 Å². The molecule has 2 heterocycles. The van der Waals surface area contributed by atoms with E-state index < -0.39 is 10.0 Å². The Morgan fingerprint density at radius 3 is 2.95 bits per heavy atom. The van der Waals surface area contributed by atoms with Crippen molar-refractivity contribution < 1.29 is 8.42 Å². The van der Waals surface area contributed by atoms with Crippen molar-refractivity contribution in [3.8, 4) is 0 Å². The monoisotopic (exact) mass is 320 g/mol. The maximum Gasteiger partial charge on any atom is 0.260 e. The van der Waals surface area contributed by atoms with E-state index in [-0.39, 0.29) is 11.1 Å². The predicted octanol–water partition coefficient (Wildman–Crippen LogP) is 1.47. The maximum absolute atomic E-state index is 12.5. The van der Waals surface area contributed by atoms with E-state index in [1.165, 1.54) is 11.3 Å². The Balaban J connectivity index is 2.44. The highest BCUT2D eigenvalue weighted by Crippen LogP contribution is 2.25. The van der Waals surface area contributed by atoms with Crippen LogP contribution in [-0.4, -0.2) is 42.9 Å². The van der Waals surface area contributed by atoms with E-state index in [9.17, 15) is 8.42 Å². The van der Waals surface area contributed by atoms with E-state index in [1.54, 1.807) is 29.4 Å². The molecule has 0 spiro atoms. The number of imidazole rings is 1. The van der Waals surface area contributed by atoms with E-state index in [0.717, 1.165) is 5.75 Å². The van der Waals surface area contributed by atoms with Gasteiger partial charge in [-0.3, -0.25) is 4.40 Å². The molecule has 0 radical (unpaired) electrons. The molecule has 0 aliphatic heterocycles. The molecule has 1 atom stereocenters. The highest BCUT2D eigenvalue weighted by molar-refractivity contribution is 7.98. The molecule has 106 valence electrons. The molecule has 9 heteroatoms. The van der Waals surface area contributed by atoms with Crippen LogP contribution < -0.4 is 10.0 Å². The number of anilines is 1. The smallest absolute Gasteiger partial charge is 0.260 e. The van der Waals surface area contributed by atoms with Gasteiger partial charge in [0.1, 0.15) is 0 Å². The molecular formula is C10H16N4O2S3. The second-order valence-corrected chi connectivity index (χ2v) is 7.46. The third-order valence-corrected chi connectivity index (χ3v) is 5.68. The van der Waals surface area contributed by atoms with Crippen molar-refractivity contribution in [3.63, 3.8) is 0 Å². The normalized spacial score (nSPS) is 13.8. The molecule has 2 aromatic rings. The van der Waals surface area contributed by atoms with Gasteiger partial charge in [0.15, 0.2) is 15.8 Å². The zero-order chi connectivity index (χ0) is 14.0. The molecule has 0 aliphatic rings. The first-order chi connectivity index (χ1) is 8.99. The summed E-state index contributed by atoms with van der Waals surface area (Å²) in [6, 6.07) is -0.131. The van der Waals surface area contributed by atoms with E-state index >= 15 is 0 Å². The Morgan fingerprint density at radius 2 is 2.32 bits per heavy atom. The van der Waals surface area contributed by atoms with Gasteiger partial charge in [-0.1, -0.05) is 0 Å². The number of nitrogens with one attached hydrogen (secondary N) is 2. The zero-order valence-electron chi connectivity index (χ0n) is 10.9. The Bertz CT molecular complexity index is 661. The fourth-order valence-electron chi connectivity index (χ4n) is 1.79. The third kappa shape index (κ3) is 2.88. The molecule has 0 saturated carbocycles. The fraction of sp³-hybridized carbons (Fsp3) is 0.500. The molecule has 0 amide bonds. The molecule has 0 aliphatic carbocycles. The minimum absolute atomic E-state index is 0.131. The summed E-state index contributed by atoms with van der Waals surface area (Å²) in [7, 11) is -1.93. The summed E-state index contributed by atoms with van der Waals surface area (Å²) in [5.41, 5.74) is 0. The van der Waals surface area contributed by atoms with Crippen LogP contribution in [0.4, 0.5) is 5.82 Å². The highest BCUT2D eigenvalue weighted by Gasteiger charge is 2.26. The lowest BCUT2D eigenvalue weighted by Gasteiger charge is -2.13. The second kappa shape index (κ2) is 5.70. The number of rotatable bonds is 6. The number of aromatic nitrogens is 2. The molecule has 19 heavy (non-hydrogen) atoms. The zero-order valence-corrected chi connectivity index (χ0v) is 13.3. The number of thioether (sulfide) groups is 1. The van der Waals surface area contributed by atoms with Crippen molar-refractivity contribution in [2.75, 3.05) is 24.4 Å². The topological polar surface area (TPSA) is 75.5 Å². The maximum atomic E-state index is 12.5. The lowest BCUT2D eigenvalue weighted by molar-refractivity contribution is 0.567. The Kier molecular flexibility index (Phi) is 4.39. The van der Waals surface area contributed by atoms with Crippen LogP contribution in [0, 0.1) is 0 Å². The van der Waals surface area contributed by atoms with Crippen molar-refractivity contribution in [2.45, 2.75) is 18.0 Å². The summed E-state index contributed by atoms with van der Waals surface area (Å²) in [6.45, 7) is 1.85. The van der Waals surface area contributed by atoms with Gasteiger partial charge in [0.05, 0.1) is 0 Å². The van der Waals surface area contributed by atoms with Crippen LogP contribution in [0.1, 0.15) is 6.92 Å². The summed E-state index contributed by atoms with van der Waals surface area (Å²) >= 11 is 3.00. The van der Waals surface area contributed by atoms with Crippen LogP contribution in [0.5, 0.6) is 0 Å². The Labute approximate surface area is 120 Å². The predicted molar refractivity (Wildman–Crippen MR) is 80.8 cm³/mol. The van der Waals surface area contributed by atoms with E-state index in [1.807, 2.05) is 18.6 Å². The first-order valence-corrected chi connectivity index (χ1v) is 9.40. The third-order valence-electron chi connectivity index (χ3n) is 2.48. The van der Waals surface area contributed by atoms with Gasteiger partial charge in [-0.05, 0) is 13.2 Å². The summed E-state index contributed by atoms with van der Waals surface area (Å²) < 4.78 is 29.2. The highest BCUT2D eigenvalue weighted by atomic mass is 32.2. The molecule has 0 fully saturated rings. The van der Waals surface area contributed by atoms with Gasteiger partial charge >= 0.3 is 0 Å². The minimum Gasteiger partial charge on any atom is -0.371 e. The second-order valence-electron chi connectivity index (χ2n) is 4.05. The van der Waals surface area contributed by atoms with Crippen LogP contribution in [0.25, 0.3) is 4.96 Å². The fourth-order valence-corrected chi connectivity index (χ4v) is 4.78. The van der Waals surface area contributed by atoms with Gasteiger partial charge in [0.2, 0.25) is 0 Å². The molecule has 0 saturated heterocycles. The van der Waals surface area contributed by atoms with Gasteiger partial charge in [-0.15, -0.1) is 11.3 Å². The van der Waals surface area contributed by atoms with E-state index in [2.05, 4.69) is 15.0 Å². The molecule has 2 rings (SSSR count). The summed E-state index contributed by atoms with van der Waals surface area (Å²) in [5, 5.41) is 4.81. The number of sulfonamides is 1. The summed E-state index contributed by atoms with van der Waals surface area (Å²) in [5.74, 6) is 1.09. The lowest BCUT2D eigenvalue weighted by Crippen LogP contribution is -2.35. The Hall–Kier alpha value is -0.770. The van der Waals surface area contributed by atoms with Crippen molar-refractivity contribution in [1.82, 2.24) is 14.1 Å². The van der Waals surface area contributed by atoms with Crippen LogP contribution in [-0.2, 0) is 10.0 Å². The quantitative estimate of drug-likeness (QED) is 0.843. The SMILES string of the molecule is CNc1nc2sccn2c1S(=O)(=O)NC(C)CSC. The average Bonchev–Trinajstić information content (AvgIpc) is 2.86. The minimum atomic E-state index is -3.60. The largest absolute Gasteiger partial charge is 0.371 e. The van der Waals surface area contributed by atoms with Crippen LogP contribution in [0.15, 0.2) is 16.6 Å². The van der Waals surface area contributed by atoms with E-state index in [4.69, 9.17) is 0 Å². The van der Waals surface area contributed by atoms with Gasteiger partial charge in [0.25, 0.3) is 10.0 Å². The molecule has 2 aromatic heterocycles. The molecule has 2 N–H and O–H groups in total. The number of hydrogen-bond acceptors (Lipinski definition) is 6. The van der Waals surface area contributed by atoms with Gasteiger partial charge < -0.3 is 5.32 Å². The average molecular weight is 320 g/mol. The van der Waals surface area contributed by atoms with Crippen molar-refractivity contribution in [3.05, 3.63) is 11.6 Å². The number of nitrogens with zero attached hydrogens (tertiary/aromatic N) is 2. The Morgan fingerprint density at radius 1 is 1.58 bits per heavy atom. The van der Waals surface area contributed by atoms with Crippen LogP contribution in [0.2, 0.25) is 0 Å². The first-order valence-electron chi connectivity index (χ1n) is 5.64. The van der Waals surface area contributed by atoms with E-state index in [0.29, 0.717) is 10.8 Å². The van der Waals surface area contributed by atoms with Crippen molar-refractivity contribution in [2.24, 2.45) is 0 Å². The molecule has 0 bridgehead atoms. The number of hydrogen-bond donors (Lipinski definition) is 2. The lowest BCUT2D eigenvalue weighted by atomic mass is 10.4. The van der Waals surface area contributed by atoms with Gasteiger partial charge in [0, 0.05) is 30.4 Å². The van der Waals surface area contributed by atoms with Crippen molar-refractivity contribution >= 4 is 43.9 Å². The first kappa shape index (κ1) is 14.6. The van der Waals surface area contributed by atoms with Crippen LogP contribution in [0.3, 0.4) is 0 Å². The molecule has 6 nitrogen and oxygen atoms in total. The summed E-state index contributed by atoms with van der Waals surface area (Å²) in [6.07, 6.45) is 3.65. The van der Waals surface area contributed by atoms with Gasteiger partial charge in [-0.25, -0.2) is 18.1 Å². The van der Waals surface area contributed by atoms with Gasteiger partial charge in [-0.2, -0.15) is 11.8 Å². The number of fused-ring (bicyclic) bond motifs is 1. The molecular weight excluding hydrogens is 304 g/mol.